The fraction of sp³-hybridized carbons (Fsp3) is 0.111. The third kappa shape index (κ3) is 6.90. The lowest BCUT2D eigenvalue weighted by Crippen LogP contribution is -2.56. The Morgan fingerprint density at radius 2 is 0.943 bits per heavy atom. The first-order valence-electron chi connectivity index (χ1n) is 17.2. The van der Waals surface area contributed by atoms with Gasteiger partial charge in [0, 0.05) is 5.57 Å². The Bertz CT molecular complexity index is 2170. The molecular formula is C45H39BN2O4S. The Morgan fingerprint density at radius 3 is 1.30 bits per heavy atom. The maximum atomic E-state index is 16.8. The Morgan fingerprint density at radius 1 is 0.604 bits per heavy atom. The molecule has 0 unspecified atom stereocenters. The summed E-state index contributed by atoms with van der Waals surface area (Å²) >= 11 is 0. The minimum Gasteiger partial charge on any atom is -0.401 e. The summed E-state index contributed by atoms with van der Waals surface area (Å²) in [6.45, 7) is 3.77. The fourth-order valence-corrected chi connectivity index (χ4v) is 10.9. The van der Waals surface area contributed by atoms with Crippen LogP contribution in [0.4, 0.5) is 0 Å². The Kier molecular flexibility index (Phi) is 10.7. The minimum atomic E-state index is -5.00. The van der Waals surface area contributed by atoms with Gasteiger partial charge in [0.15, 0.2) is 0 Å². The smallest absolute Gasteiger partial charge is 0.401 e. The molecule has 0 radical (unpaired) electrons. The summed E-state index contributed by atoms with van der Waals surface area (Å²) in [6.07, 6.45) is 0. The fourth-order valence-electron chi connectivity index (χ4n) is 7.34. The van der Waals surface area contributed by atoms with Crippen molar-refractivity contribution >= 4 is 22.2 Å². The van der Waals surface area contributed by atoms with Crippen LogP contribution in [0.2, 0.25) is 0 Å². The molecule has 0 atom stereocenters. The summed E-state index contributed by atoms with van der Waals surface area (Å²) in [7, 11) is -7.08. The predicted molar refractivity (Wildman–Crippen MR) is 210 cm³/mol. The third-order valence-corrected chi connectivity index (χ3v) is 13.5. The standard InChI is InChI=1S/C45H39BN2O4S/c1-44(2,45(38-23-11-4-12-24-38,39-25-13-5-14-26-39)40-27-15-6-16-28-40)51-46(49)52-53(50,41-29-17-7-18-30-41,42-31-19-8-20-32-42)35-43(37(33-47)34-48)36-21-9-3-10-22-36/h3-32,49H,35H2,1-2H3. The zero-order valence-electron chi connectivity index (χ0n) is 29.6. The number of allylic oxidation sites excluding steroid dienone is 1. The molecule has 53 heavy (non-hydrogen) atoms. The molecule has 1 N–H and O–H groups in total. The molecule has 0 heterocycles. The SMILES string of the molecule is CC(C)(OB(O)OS(=O)(CC(=C(C#N)C#N)c1ccccc1)(c1ccccc1)c1ccccc1)C(c1ccccc1)(c1ccccc1)c1ccccc1. The maximum Gasteiger partial charge on any atom is 0.657 e. The van der Waals surface area contributed by atoms with Crippen molar-refractivity contribution in [3.05, 3.63) is 210 Å². The molecule has 6 rings (SSSR count). The molecule has 6 nitrogen and oxygen atoms in total. The van der Waals surface area contributed by atoms with Crippen LogP contribution in [-0.2, 0) is 23.5 Å². The number of hydrogen-bond acceptors (Lipinski definition) is 6. The zero-order valence-corrected chi connectivity index (χ0v) is 30.4. The van der Waals surface area contributed by atoms with Gasteiger partial charge in [-0.2, -0.15) is 14.7 Å². The van der Waals surface area contributed by atoms with Crippen molar-refractivity contribution < 1.29 is 18.0 Å². The number of hydrogen-bond donors (Lipinski definition) is 1. The zero-order chi connectivity index (χ0) is 37.4. The number of benzene rings is 6. The van der Waals surface area contributed by atoms with E-state index < -0.39 is 33.4 Å². The molecule has 0 aliphatic rings. The van der Waals surface area contributed by atoms with Crippen LogP contribution in [0.3, 0.4) is 0 Å². The van der Waals surface area contributed by atoms with Gasteiger partial charge in [-0.15, -0.1) is 9.35 Å². The van der Waals surface area contributed by atoms with Gasteiger partial charge in [-0.1, -0.05) is 158 Å². The quantitative estimate of drug-likeness (QED) is 0.0727. The van der Waals surface area contributed by atoms with E-state index in [9.17, 15) is 15.5 Å². The highest BCUT2D eigenvalue weighted by Crippen LogP contribution is 2.52. The summed E-state index contributed by atoms with van der Waals surface area (Å²) in [5.74, 6) is -0.437. The molecule has 0 aliphatic heterocycles. The van der Waals surface area contributed by atoms with E-state index in [0.29, 0.717) is 5.56 Å². The molecule has 6 aromatic rings. The monoisotopic (exact) mass is 714 g/mol. The van der Waals surface area contributed by atoms with Crippen molar-refractivity contribution in [2.45, 2.75) is 34.7 Å². The molecule has 6 aromatic carbocycles. The average molecular weight is 715 g/mol. The van der Waals surface area contributed by atoms with E-state index in [2.05, 4.69) is 0 Å². The molecule has 0 amide bonds. The molecular weight excluding hydrogens is 675 g/mol. The summed E-state index contributed by atoms with van der Waals surface area (Å²) in [4.78, 5) is 0.500. The number of nitrogens with zero attached hydrogens (tertiary/aromatic N) is 2. The molecule has 8 heteroatoms. The van der Waals surface area contributed by atoms with Crippen LogP contribution >= 0.6 is 0 Å². The van der Waals surface area contributed by atoms with Crippen molar-refractivity contribution in [3.8, 4) is 12.1 Å². The van der Waals surface area contributed by atoms with E-state index in [1.807, 2.05) is 123 Å². The third-order valence-electron chi connectivity index (χ3n) is 9.70. The molecule has 262 valence electrons. The van der Waals surface area contributed by atoms with Crippen molar-refractivity contribution in [2.75, 3.05) is 5.75 Å². The van der Waals surface area contributed by atoms with E-state index in [1.54, 1.807) is 84.9 Å². The van der Waals surface area contributed by atoms with Gasteiger partial charge < -0.3 is 9.68 Å². The summed E-state index contributed by atoms with van der Waals surface area (Å²) in [5.41, 5.74) is 0.920. The van der Waals surface area contributed by atoms with Crippen LogP contribution in [0, 0.1) is 22.7 Å². The van der Waals surface area contributed by atoms with Gasteiger partial charge in [0.2, 0.25) is 0 Å². The minimum absolute atomic E-state index is 0.207. The van der Waals surface area contributed by atoms with Gasteiger partial charge >= 0.3 is 7.32 Å². The second kappa shape index (κ2) is 15.4. The van der Waals surface area contributed by atoms with Gasteiger partial charge in [0.25, 0.3) is 0 Å². The number of nitriles is 2. The van der Waals surface area contributed by atoms with E-state index in [4.69, 9.17) is 8.75 Å². The van der Waals surface area contributed by atoms with Crippen LogP contribution in [0.15, 0.2) is 197 Å². The molecule has 0 saturated heterocycles. The highest BCUT2D eigenvalue weighted by atomic mass is 32.3. The molecule has 0 fully saturated rings. The van der Waals surface area contributed by atoms with Gasteiger partial charge in [-0.3, -0.25) is 4.10 Å². The van der Waals surface area contributed by atoms with Gasteiger partial charge in [-0.25, -0.2) is 0 Å². The first-order valence-corrected chi connectivity index (χ1v) is 19.3. The average Bonchev–Trinajstić information content (AvgIpc) is 3.20. The molecule has 0 aromatic heterocycles. The lowest BCUT2D eigenvalue weighted by Gasteiger charge is -2.52. The van der Waals surface area contributed by atoms with Crippen molar-refractivity contribution in [1.29, 1.82) is 10.5 Å². The summed E-state index contributed by atoms with van der Waals surface area (Å²) in [5, 5.41) is 32.7. The van der Waals surface area contributed by atoms with Crippen LogP contribution < -0.4 is 0 Å². The highest BCUT2D eigenvalue weighted by Gasteiger charge is 2.53. The van der Waals surface area contributed by atoms with E-state index in [0.717, 1.165) is 16.7 Å². The second-order valence-corrected chi connectivity index (χ2v) is 16.6. The number of rotatable bonds is 13. The largest absolute Gasteiger partial charge is 0.657 e. The van der Waals surface area contributed by atoms with E-state index >= 15 is 4.21 Å². The van der Waals surface area contributed by atoms with Crippen molar-refractivity contribution in [2.24, 2.45) is 0 Å². The van der Waals surface area contributed by atoms with Gasteiger partial charge in [0.05, 0.1) is 26.6 Å². The predicted octanol–water partition coefficient (Wildman–Crippen LogP) is 9.16. The lowest BCUT2D eigenvalue weighted by molar-refractivity contribution is 0.0138. The van der Waals surface area contributed by atoms with Crippen molar-refractivity contribution in [1.82, 2.24) is 0 Å². The maximum absolute atomic E-state index is 16.8. The second-order valence-electron chi connectivity index (χ2n) is 13.1. The molecule has 0 spiro atoms. The Hall–Kier alpha value is -5.87. The van der Waals surface area contributed by atoms with Crippen LogP contribution in [0.5, 0.6) is 0 Å². The van der Waals surface area contributed by atoms with Crippen LogP contribution in [-0.4, -0.2) is 27.9 Å². The lowest BCUT2D eigenvalue weighted by atomic mass is 9.60. The van der Waals surface area contributed by atoms with Crippen LogP contribution in [0.25, 0.3) is 5.57 Å². The van der Waals surface area contributed by atoms with Crippen LogP contribution in [0.1, 0.15) is 36.1 Å². The van der Waals surface area contributed by atoms with E-state index in [-0.39, 0.29) is 20.9 Å². The highest BCUT2D eigenvalue weighted by molar-refractivity contribution is 8.17. The molecule has 0 bridgehead atoms. The Labute approximate surface area is 312 Å². The first kappa shape index (κ1) is 36.9. The Balaban J connectivity index is 1.58. The first-order chi connectivity index (χ1) is 25.7. The van der Waals surface area contributed by atoms with E-state index in [1.165, 1.54) is 0 Å². The van der Waals surface area contributed by atoms with Crippen molar-refractivity contribution in [3.63, 3.8) is 0 Å². The normalized spacial score (nSPS) is 12.4. The van der Waals surface area contributed by atoms with Gasteiger partial charge in [-0.05, 0) is 60.4 Å². The summed E-state index contributed by atoms with van der Waals surface area (Å²) in [6, 6.07) is 59.9. The molecule has 0 saturated carbocycles. The summed E-state index contributed by atoms with van der Waals surface area (Å²) < 4.78 is 30.2. The molecule has 0 aliphatic carbocycles. The topological polar surface area (TPSA) is 103 Å². The van der Waals surface area contributed by atoms with Gasteiger partial charge in [0.1, 0.15) is 17.7 Å².